The van der Waals surface area contributed by atoms with E-state index in [0.717, 1.165) is 19.4 Å². The lowest BCUT2D eigenvalue weighted by Gasteiger charge is -2.26. The summed E-state index contributed by atoms with van der Waals surface area (Å²) in [7, 11) is 0. The zero-order valence-electron chi connectivity index (χ0n) is 12.4. The maximum absolute atomic E-state index is 5.89. The van der Waals surface area contributed by atoms with Gasteiger partial charge in [-0.05, 0) is 51.4 Å². The van der Waals surface area contributed by atoms with E-state index < -0.39 is 0 Å². The molecule has 1 aliphatic rings. The molecule has 0 N–H and O–H groups in total. The van der Waals surface area contributed by atoms with Crippen LogP contribution in [0.5, 0.6) is 0 Å². The molecule has 1 unspecified atom stereocenters. The van der Waals surface area contributed by atoms with Gasteiger partial charge in [-0.2, -0.15) is 0 Å². The fourth-order valence-electron chi connectivity index (χ4n) is 2.13. The van der Waals surface area contributed by atoms with Gasteiger partial charge < -0.3 is 9.47 Å². The summed E-state index contributed by atoms with van der Waals surface area (Å²) in [6.07, 6.45) is 13.3. The smallest absolute Gasteiger partial charge is 0.157 e. The van der Waals surface area contributed by atoms with E-state index in [1.54, 1.807) is 0 Å². The molecular formula is C16H30O2. The lowest BCUT2D eigenvalue weighted by molar-refractivity contribution is -0.185. The van der Waals surface area contributed by atoms with Gasteiger partial charge in [-0.15, -0.1) is 0 Å². The molecule has 0 aromatic carbocycles. The predicted molar refractivity (Wildman–Crippen MR) is 76.6 cm³/mol. The van der Waals surface area contributed by atoms with Gasteiger partial charge in [0.05, 0.1) is 6.10 Å². The molecule has 0 spiro atoms. The van der Waals surface area contributed by atoms with Crippen molar-refractivity contribution in [2.45, 2.75) is 78.1 Å². The molecule has 0 aromatic heterocycles. The molecular weight excluding hydrogens is 224 g/mol. The van der Waals surface area contributed by atoms with Crippen LogP contribution in [-0.4, -0.2) is 19.0 Å². The highest BCUT2D eigenvalue weighted by Gasteiger charge is 2.16. The van der Waals surface area contributed by atoms with Crippen LogP contribution in [0.3, 0.4) is 0 Å². The standard InChI is InChI=1S/C16H30O2/c1-4-14(2)10-6-5-7-11-15(3)18-16-12-8-9-13-17-16/h6,10,14-16H,4-5,7-9,11-13H2,1-3H3/b10-6+/t14-,15+,16?/m1/s1. The lowest BCUT2D eigenvalue weighted by Crippen LogP contribution is -2.26. The summed E-state index contributed by atoms with van der Waals surface area (Å²) in [5.41, 5.74) is 0. The van der Waals surface area contributed by atoms with Gasteiger partial charge in [0.2, 0.25) is 0 Å². The van der Waals surface area contributed by atoms with Crippen molar-refractivity contribution in [2.75, 3.05) is 6.61 Å². The zero-order chi connectivity index (χ0) is 13.2. The van der Waals surface area contributed by atoms with Crippen molar-refractivity contribution in [3.8, 4) is 0 Å². The second kappa shape index (κ2) is 9.57. The number of rotatable bonds is 8. The van der Waals surface area contributed by atoms with E-state index in [-0.39, 0.29) is 6.29 Å². The Kier molecular flexibility index (Phi) is 8.36. The molecule has 0 aromatic rings. The minimum absolute atomic E-state index is 0.0596. The molecule has 1 saturated heterocycles. The first-order valence-electron chi connectivity index (χ1n) is 7.66. The summed E-state index contributed by atoms with van der Waals surface area (Å²) < 4.78 is 11.5. The van der Waals surface area contributed by atoms with E-state index in [0.29, 0.717) is 12.0 Å². The number of allylic oxidation sites excluding steroid dienone is 2. The quantitative estimate of drug-likeness (QED) is 0.462. The van der Waals surface area contributed by atoms with Crippen LogP contribution >= 0.6 is 0 Å². The van der Waals surface area contributed by atoms with Gasteiger partial charge in [-0.3, -0.25) is 0 Å². The molecule has 18 heavy (non-hydrogen) atoms. The minimum Gasteiger partial charge on any atom is -0.353 e. The van der Waals surface area contributed by atoms with Crippen LogP contribution in [0.4, 0.5) is 0 Å². The van der Waals surface area contributed by atoms with E-state index in [1.807, 2.05) is 0 Å². The molecule has 0 aliphatic carbocycles. The zero-order valence-corrected chi connectivity index (χ0v) is 12.4. The Morgan fingerprint density at radius 2 is 2.17 bits per heavy atom. The molecule has 1 fully saturated rings. The molecule has 1 heterocycles. The maximum atomic E-state index is 5.89. The normalized spacial score (nSPS) is 24.3. The van der Waals surface area contributed by atoms with Crippen molar-refractivity contribution in [3.05, 3.63) is 12.2 Å². The van der Waals surface area contributed by atoms with Crippen molar-refractivity contribution < 1.29 is 9.47 Å². The predicted octanol–water partition coefficient (Wildman–Crippen LogP) is 4.69. The van der Waals surface area contributed by atoms with Crippen LogP contribution < -0.4 is 0 Å². The fraction of sp³-hybridized carbons (Fsp3) is 0.875. The van der Waals surface area contributed by atoms with Crippen LogP contribution in [0.2, 0.25) is 0 Å². The van der Waals surface area contributed by atoms with E-state index in [9.17, 15) is 0 Å². The van der Waals surface area contributed by atoms with Gasteiger partial charge in [-0.25, -0.2) is 0 Å². The summed E-state index contributed by atoms with van der Waals surface area (Å²) in [6, 6.07) is 0. The van der Waals surface area contributed by atoms with Crippen molar-refractivity contribution in [1.82, 2.24) is 0 Å². The highest BCUT2D eigenvalue weighted by Crippen LogP contribution is 2.17. The Morgan fingerprint density at radius 3 is 2.83 bits per heavy atom. The molecule has 1 rings (SSSR count). The third-order valence-electron chi connectivity index (χ3n) is 3.61. The van der Waals surface area contributed by atoms with Gasteiger partial charge in [0.25, 0.3) is 0 Å². The van der Waals surface area contributed by atoms with Gasteiger partial charge >= 0.3 is 0 Å². The number of hydrogen-bond donors (Lipinski definition) is 0. The first-order valence-corrected chi connectivity index (χ1v) is 7.66. The average Bonchev–Trinajstić information content (AvgIpc) is 2.39. The van der Waals surface area contributed by atoms with Crippen molar-refractivity contribution >= 4 is 0 Å². The van der Waals surface area contributed by atoms with E-state index in [1.165, 1.54) is 32.1 Å². The van der Waals surface area contributed by atoms with Gasteiger partial charge in [0.1, 0.15) is 0 Å². The van der Waals surface area contributed by atoms with Gasteiger partial charge in [0, 0.05) is 6.61 Å². The molecule has 0 saturated carbocycles. The average molecular weight is 254 g/mol. The third kappa shape index (κ3) is 7.17. The Bertz CT molecular complexity index is 219. The van der Waals surface area contributed by atoms with E-state index in [2.05, 4.69) is 32.9 Å². The number of unbranched alkanes of at least 4 members (excludes halogenated alkanes) is 1. The van der Waals surface area contributed by atoms with Crippen LogP contribution in [0, 0.1) is 5.92 Å². The SMILES string of the molecule is CC[C@@H](C)/C=C/CCC[C@H](C)OC1CCCCO1. The second-order valence-electron chi connectivity index (χ2n) is 5.49. The topological polar surface area (TPSA) is 18.5 Å². The first-order chi connectivity index (χ1) is 8.72. The molecule has 3 atom stereocenters. The first kappa shape index (κ1) is 15.7. The highest BCUT2D eigenvalue weighted by atomic mass is 16.7. The summed E-state index contributed by atoms with van der Waals surface area (Å²) in [5.74, 6) is 0.717. The van der Waals surface area contributed by atoms with Crippen LogP contribution in [0.25, 0.3) is 0 Å². The molecule has 0 bridgehead atoms. The Morgan fingerprint density at radius 1 is 1.33 bits per heavy atom. The van der Waals surface area contributed by atoms with Crippen LogP contribution in [0.15, 0.2) is 12.2 Å². The number of ether oxygens (including phenoxy) is 2. The molecule has 106 valence electrons. The Labute approximate surface area is 113 Å². The summed E-state index contributed by atoms with van der Waals surface area (Å²) in [6.45, 7) is 7.53. The summed E-state index contributed by atoms with van der Waals surface area (Å²) in [5, 5.41) is 0. The minimum atomic E-state index is 0.0596. The fourth-order valence-corrected chi connectivity index (χ4v) is 2.13. The molecule has 0 radical (unpaired) electrons. The van der Waals surface area contributed by atoms with Crippen molar-refractivity contribution in [1.29, 1.82) is 0 Å². The molecule has 0 amide bonds. The highest BCUT2D eigenvalue weighted by molar-refractivity contribution is 4.85. The second-order valence-corrected chi connectivity index (χ2v) is 5.49. The summed E-state index contributed by atoms with van der Waals surface area (Å²) >= 11 is 0. The molecule has 2 heteroatoms. The molecule has 1 aliphatic heterocycles. The monoisotopic (exact) mass is 254 g/mol. The van der Waals surface area contributed by atoms with Gasteiger partial charge in [-0.1, -0.05) is 32.4 Å². The Hall–Kier alpha value is -0.340. The van der Waals surface area contributed by atoms with Crippen molar-refractivity contribution in [3.63, 3.8) is 0 Å². The number of hydrogen-bond acceptors (Lipinski definition) is 2. The van der Waals surface area contributed by atoms with E-state index in [4.69, 9.17) is 9.47 Å². The van der Waals surface area contributed by atoms with Crippen molar-refractivity contribution in [2.24, 2.45) is 5.92 Å². The van der Waals surface area contributed by atoms with Crippen LogP contribution in [-0.2, 0) is 9.47 Å². The largest absolute Gasteiger partial charge is 0.353 e. The van der Waals surface area contributed by atoms with Gasteiger partial charge in [0.15, 0.2) is 6.29 Å². The lowest BCUT2D eigenvalue weighted by atomic mass is 10.1. The van der Waals surface area contributed by atoms with E-state index >= 15 is 0 Å². The molecule has 2 nitrogen and oxygen atoms in total. The third-order valence-corrected chi connectivity index (χ3v) is 3.61. The maximum Gasteiger partial charge on any atom is 0.157 e. The Balaban J connectivity index is 2.02. The van der Waals surface area contributed by atoms with Crippen LogP contribution in [0.1, 0.15) is 65.7 Å². The summed E-state index contributed by atoms with van der Waals surface area (Å²) in [4.78, 5) is 0.